The summed E-state index contributed by atoms with van der Waals surface area (Å²) in [5.74, 6) is 0.191. The second-order valence-corrected chi connectivity index (χ2v) is 7.75. The molecule has 2 saturated heterocycles. The molecule has 2 fully saturated rings. The fourth-order valence-electron chi connectivity index (χ4n) is 4.07. The van der Waals surface area contributed by atoms with Gasteiger partial charge < -0.3 is 15.0 Å². The van der Waals surface area contributed by atoms with Crippen LogP contribution >= 0.6 is 0 Å². The van der Waals surface area contributed by atoms with Gasteiger partial charge in [-0.25, -0.2) is 0 Å². The maximum absolute atomic E-state index is 12.5. The van der Waals surface area contributed by atoms with Crippen molar-refractivity contribution in [2.24, 2.45) is 0 Å². The summed E-state index contributed by atoms with van der Waals surface area (Å²) >= 11 is 0. The minimum atomic E-state index is 0.191. The van der Waals surface area contributed by atoms with Crippen molar-refractivity contribution in [3.05, 3.63) is 35.9 Å². The van der Waals surface area contributed by atoms with Gasteiger partial charge in [-0.1, -0.05) is 30.3 Å². The fraction of sp³-hybridized carbons (Fsp3) is 0.667. The lowest BCUT2D eigenvalue weighted by atomic mass is 9.96. The van der Waals surface area contributed by atoms with Crippen molar-refractivity contribution >= 4 is 5.91 Å². The molecule has 0 bridgehead atoms. The number of carbonyl (C=O) groups excluding carboxylic acids is 1. The third kappa shape index (κ3) is 5.29. The number of likely N-dealkylation sites (N-methyl/N-ethyl adjacent to an activating group) is 1. The molecule has 5 nitrogen and oxygen atoms in total. The largest absolute Gasteiger partial charge is 0.377 e. The van der Waals surface area contributed by atoms with Crippen molar-refractivity contribution in [1.29, 1.82) is 0 Å². The highest BCUT2D eigenvalue weighted by molar-refractivity contribution is 5.78. The number of nitrogens with zero attached hydrogens (tertiary/aromatic N) is 2. The van der Waals surface area contributed by atoms with Crippen molar-refractivity contribution < 1.29 is 9.53 Å². The zero-order valence-electron chi connectivity index (χ0n) is 16.2. The van der Waals surface area contributed by atoms with E-state index in [1.54, 1.807) is 0 Å². The maximum atomic E-state index is 12.5. The number of benzene rings is 1. The lowest BCUT2D eigenvalue weighted by Crippen LogP contribution is -2.50. The van der Waals surface area contributed by atoms with E-state index >= 15 is 0 Å². The number of piperidine rings is 1. The van der Waals surface area contributed by atoms with E-state index in [1.807, 2.05) is 11.9 Å². The Morgan fingerprint density at radius 2 is 2.12 bits per heavy atom. The molecule has 26 heavy (non-hydrogen) atoms. The van der Waals surface area contributed by atoms with Crippen LogP contribution in [0.1, 0.15) is 38.2 Å². The minimum absolute atomic E-state index is 0.191. The average molecular weight is 360 g/mol. The van der Waals surface area contributed by atoms with Gasteiger partial charge in [0.05, 0.1) is 12.6 Å². The summed E-state index contributed by atoms with van der Waals surface area (Å²) in [6.45, 7) is 6.38. The topological polar surface area (TPSA) is 44.8 Å². The van der Waals surface area contributed by atoms with Gasteiger partial charge in [0.2, 0.25) is 5.91 Å². The Morgan fingerprint density at radius 1 is 1.31 bits per heavy atom. The highest BCUT2D eigenvalue weighted by Crippen LogP contribution is 2.23. The molecule has 1 aromatic carbocycles. The van der Waals surface area contributed by atoms with Crippen LogP contribution in [0.3, 0.4) is 0 Å². The van der Waals surface area contributed by atoms with Gasteiger partial charge in [-0.2, -0.15) is 0 Å². The summed E-state index contributed by atoms with van der Waals surface area (Å²) in [6, 6.07) is 11.5. The van der Waals surface area contributed by atoms with Crippen molar-refractivity contribution in [2.75, 3.05) is 33.3 Å². The lowest BCUT2D eigenvalue weighted by molar-refractivity contribution is -0.132. The van der Waals surface area contributed by atoms with E-state index in [1.165, 1.54) is 5.56 Å². The summed E-state index contributed by atoms with van der Waals surface area (Å²) in [6.07, 6.45) is 4.62. The van der Waals surface area contributed by atoms with Gasteiger partial charge >= 0.3 is 0 Å². The number of hydrogen-bond donors (Lipinski definition) is 1. The van der Waals surface area contributed by atoms with Crippen LogP contribution in [0.25, 0.3) is 0 Å². The van der Waals surface area contributed by atoms with E-state index in [4.69, 9.17) is 4.74 Å². The Morgan fingerprint density at radius 3 is 2.81 bits per heavy atom. The second kappa shape index (κ2) is 9.49. The van der Waals surface area contributed by atoms with E-state index in [0.29, 0.717) is 18.6 Å². The molecule has 2 heterocycles. The van der Waals surface area contributed by atoms with Crippen LogP contribution in [0.15, 0.2) is 30.3 Å². The summed E-state index contributed by atoms with van der Waals surface area (Å²) < 4.78 is 5.59. The molecule has 1 N–H and O–H groups in total. The number of ether oxygens (including phenoxy) is 1. The maximum Gasteiger partial charge on any atom is 0.236 e. The van der Waals surface area contributed by atoms with Gasteiger partial charge in [0.1, 0.15) is 0 Å². The molecule has 144 valence electrons. The number of likely N-dealkylation sites (tertiary alicyclic amines) is 1. The van der Waals surface area contributed by atoms with Gasteiger partial charge in [-0.3, -0.25) is 9.69 Å². The number of rotatable bonds is 7. The molecule has 1 amide bonds. The number of nitrogens with one attached hydrogen (secondary N) is 1. The van der Waals surface area contributed by atoms with E-state index in [2.05, 4.69) is 47.5 Å². The fourth-order valence-corrected chi connectivity index (χ4v) is 4.07. The molecule has 2 aliphatic rings. The normalized spacial score (nSPS) is 26.8. The number of amides is 1. The molecule has 1 aromatic rings. The van der Waals surface area contributed by atoms with E-state index in [0.717, 1.165) is 51.9 Å². The zero-order chi connectivity index (χ0) is 18.4. The molecule has 3 rings (SSSR count). The Bertz CT molecular complexity index is 560. The van der Waals surface area contributed by atoms with Crippen molar-refractivity contribution in [1.82, 2.24) is 15.1 Å². The predicted octanol–water partition coefficient (Wildman–Crippen LogP) is 2.27. The van der Waals surface area contributed by atoms with Crippen LogP contribution in [-0.4, -0.2) is 67.2 Å². The van der Waals surface area contributed by atoms with Gasteiger partial charge in [0, 0.05) is 45.4 Å². The highest BCUT2D eigenvalue weighted by Gasteiger charge is 2.29. The number of carbonyl (C=O) groups is 1. The van der Waals surface area contributed by atoms with Crippen LogP contribution in [0.5, 0.6) is 0 Å². The molecule has 5 heteroatoms. The standard InChI is InChI=1S/C21H33N3O2/c1-17-13-19(10-11-24(17)16-18-7-4-3-5-8-18)23(2)21(25)15-22-14-20-9-6-12-26-20/h3-5,7-8,17,19-20,22H,6,9-16H2,1-2H3/t17-,19+,20-/m1/s1. The first kappa shape index (κ1) is 19.3. The molecule has 0 spiro atoms. The molecule has 0 aromatic heterocycles. The Labute approximate surface area is 157 Å². The van der Waals surface area contributed by atoms with Crippen LogP contribution in [0, 0.1) is 0 Å². The SMILES string of the molecule is C[C@@H]1C[C@@H](N(C)C(=O)CNC[C@H]2CCCO2)CCN1Cc1ccccc1. The summed E-state index contributed by atoms with van der Waals surface area (Å²) in [5, 5.41) is 3.27. The average Bonchev–Trinajstić information content (AvgIpc) is 3.17. The first-order chi connectivity index (χ1) is 12.6. The van der Waals surface area contributed by atoms with Crippen LogP contribution in [0.4, 0.5) is 0 Å². The molecule has 0 radical (unpaired) electrons. The van der Waals surface area contributed by atoms with E-state index < -0.39 is 0 Å². The summed E-state index contributed by atoms with van der Waals surface area (Å²) in [7, 11) is 1.96. The third-order valence-corrected chi connectivity index (χ3v) is 5.83. The Balaban J connectivity index is 1.41. The highest BCUT2D eigenvalue weighted by atomic mass is 16.5. The smallest absolute Gasteiger partial charge is 0.236 e. The van der Waals surface area contributed by atoms with Gasteiger partial charge in [0.15, 0.2) is 0 Å². The first-order valence-electron chi connectivity index (χ1n) is 9.99. The summed E-state index contributed by atoms with van der Waals surface area (Å²) in [4.78, 5) is 17.0. The number of hydrogen-bond acceptors (Lipinski definition) is 4. The van der Waals surface area contributed by atoms with Gasteiger partial charge in [-0.05, 0) is 38.2 Å². The lowest BCUT2D eigenvalue weighted by Gasteiger charge is -2.41. The van der Waals surface area contributed by atoms with Crippen molar-refractivity contribution in [3.8, 4) is 0 Å². The first-order valence-corrected chi connectivity index (χ1v) is 9.99. The molecule has 2 aliphatic heterocycles. The van der Waals surface area contributed by atoms with Gasteiger partial charge in [-0.15, -0.1) is 0 Å². The predicted molar refractivity (Wildman–Crippen MR) is 104 cm³/mol. The van der Waals surface area contributed by atoms with E-state index in [9.17, 15) is 4.79 Å². The molecule has 0 aliphatic carbocycles. The third-order valence-electron chi connectivity index (χ3n) is 5.83. The van der Waals surface area contributed by atoms with Crippen LogP contribution in [0.2, 0.25) is 0 Å². The summed E-state index contributed by atoms with van der Waals surface area (Å²) in [5.41, 5.74) is 1.36. The van der Waals surface area contributed by atoms with E-state index in [-0.39, 0.29) is 12.0 Å². The monoisotopic (exact) mass is 359 g/mol. The second-order valence-electron chi connectivity index (χ2n) is 7.75. The van der Waals surface area contributed by atoms with Gasteiger partial charge in [0.25, 0.3) is 0 Å². The minimum Gasteiger partial charge on any atom is -0.377 e. The molecule has 0 unspecified atom stereocenters. The van der Waals surface area contributed by atoms with Crippen molar-refractivity contribution in [3.63, 3.8) is 0 Å². The molecular weight excluding hydrogens is 326 g/mol. The Hall–Kier alpha value is -1.43. The molecule has 3 atom stereocenters. The Kier molecular flexibility index (Phi) is 7.06. The van der Waals surface area contributed by atoms with Crippen molar-refractivity contribution in [2.45, 2.75) is 57.3 Å². The van der Waals surface area contributed by atoms with Crippen LogP contribution in [-0.2, 0) is 16.1 Å². The van der Waals surface area contributed by atoms with Crippen LogP contribution < -0.4 is 5.32 Å². The molecular formula is C21H33N3O2. The molecule has 0 saturated carbocycles. The zero-order valence-corrected chi connectivity index (χ0v) is 16.2. The quantitative estimate of drug-likeness (QED) is 0.811.